The SMILES string of the molecule is COc1ccc(Cl)cc1NC(=O)[C@@H](C)OC(=O)c1ccco1. The standard InChI is InChI=1S/C15H14ClNO5/c1-9(22-15(19)13-4-3-7-21-13)14(18)17-11-8-10(16)5-6-12(11)20-2/h3-9H,1-2H3,(H,17,18)/t9-/m1/s1. The number of ether oxygens (including phenoxy) is 2. The third-order valence-corrected chi connectivity index (χ3v) is 3.03. The summed E-state index contributed by atoms with van der Waals surface area (Å²) in [5.41, 5.74) is 0.390. The van der Waals surface area contributed by atoms with Crippen molar-refractivity contribution in [2.24, 2.45) is 0 Å². The Morgan fingerprint density at radius 3 is 2.73 bits per heavy atom. The highest BCUT2D eigenvalue weighted by Gasteiger charge is 2.21. The van der Waals surface area contributed by atoms with E-state index in [2.05, 4.69) is 5.32 Å². The highest BCUT2D eigenvalue weighted by atomic mass is 35.5. The van der Waals surface area contributed by atoms with Crippen molar-refractivity contribution in [1.29, 1.82) is 0 Å². The van der Waals surface area contributed by atoms with Gasteiger partial charge in [0.05, 0.1) is 19.1 Å². The number of rotatable bonds is 5. The Morgan fingerprint density at radius 2 is 2.09 bits per heavy atom. The lowest BCUT2D eigenvalue weighted by Gasteiger charge is -2.14. The molecule has 1 aromatic carbocycles. The summed E-state index contributed by atoms with van der Waals surface area (Å²) in [5, 5.41) is 3.04. The molecule has 0 saturated carbocycles. The minimum absolute atomic E-state index is 0.0278. The number of hydrogen-bond donors (Lipinski definition) is 1. The monoisotopic (exact) mass is 323 g/mol. The number of halogens is 1. The summed E-state index contributed by atoms with van der Waals surface area (Å²) in [7, 11) is 1.47. The zero-order chi connectivity index (χ0) is 16.1. The molecule has 22 heavy (non-hydrogen) atoms. The Bertz CT molecular complexity index is 669. The number of carbonyl (C=O) groups is 2. The summed E-state index contributed by atoms with van der Waals surface area (Å²) >= 11 is 5.88. The fourth-order valence-corrected chi connectivity index (χ4v) is 1.85. The van der Waals surface area contributed by atoms with Crippen LogP contribution in [0.1, 0.15) is 17.5 Å². The van der Waals surface area contributed by atoms with Crippen molar-refractivity contribution in [3.63, 3.8) is 0 Å². The number of nitrogens with one attached hydrogen (secondary N) is 1. The maximum atomic E-state index is 12.1. The van der Waals surface area contributed by atoms with Crippen LogP contribution in [0.25, 0.3) is 0 Å². The van der Waals surface area contributed by atoms with Gasteiger partial charge < -0.3 is 19.2 Å². The zero-order valence-corrected chi connectivity index (χ0v) is 12.7. The third-order valence-electron chi connectivity index (χ3n) is 2.79. The first-order valence-electron chi connectivity index (χ1n) is 6.40. The van der Waals surface area contributed by atoms with Gasteiger partial charge in [-0.3, -0.25) is 4.79 Å². The molecular weight excluding hydrogens is 310 g/mol. The van der Waals surface area contributed by atoms with Gasteiger partial charge in [-0.2, -0.15) is 0 Å². The molecule has 2 aromatic rings. The van der Waals surface area contributed by atoms with Crippen molar-refractivity contribution in [3.05, 3.63) is 47.4 Å². The zero-order valence-electron chi connectivity index (χ0n) is 12.0. The Balaban J connectivity index is 2.02. The molecule has 6 nitrogen and oxygen atoms in total. The van der Waals surface area contributed by atoms with Gasteiger partial charge in [0.15, 0.2) is 6.10 Å². The Hall–Kier alpha value is -2.47. The summed E-state index contributed by atoms with van der Waals surface area (Å²) in [6.45, 7) is 1.45. The molecule has 0 aliphatic carbocycles. The van der Waals surface area contributed by atoms with E-state index in [0.29, 0.717) is 16.5 Å². The van der Waals surface area contributed by atoms with Crippen LogP contribution in [-0.4, -0.2) is 25.1 Å². The number of anilines is 1. The largest absolute Gasteiger partial charge is 0.495 e. The molecule has 1 amide bonds. The van der Waals surface area contributed by atoms with Gasteiger partial charge in [-0.05, 0) is 37.3 Å². The Morgan fingerprint density at radius 1 is 1.32 bits per heavy atom. The second-order valence-electron chi connectivity index (χ2n) is 4.36. The van der Waals surface area contributed by atoms with Crippen molar-refractivity contribution in [2.45, 2.75) is 13.0 Å². The topological polar surface area (TPSA) is 77.8 Å². The van der Waals surface area contributed by atoms with Gasteiger partial charge in [-0.15, -0.1) is 0 Å². The lowest BCUT2D eigenvalue weighted by Crippen LogP contribution is -2.30. The van der Waals surface area contributed by atoms with E-state index in [4.69, 9.17) is 25.5 Å². The smallest absolute Gasteiger partial charge is 0.374 e. The second kappa shape index (κ2) is 7.00. The molecule has 0 bridgehead atoms. The Labute approximate surface area is 132 Å². The molecule has 0 radical (unpaired) electrons. The lowest BCUT2D eigenvalue weighted by molar-refractivity contribution is -0.123. The summed E-state index contributed by atoms with van der Waals surface area (Å²) in [6, 6.07) is 7.80. The molecule has 0 fully saturated rings. The van der Waals surface area contributed by atoms with E-state index in [1.165, 1.54) is 26.4 Å². The van der Waals surface area contributed by atoms with Gasteiger partial charge >= 0.3 is 5.97 Å². The minimum atomic E-state index is -1.01. The van der Waals surface area contributed by atoms with E-state index in [9.17, 15) is 9.59 Å². The average Bonchev–Trinajstić information content (AvgIpc) is 3.01. The quantitative estimate of drug-likeness (QED) is 0.855. The van der Waals surface area contributed by atoms with Gasteiger partial charge in [0, 0.05) is 5.02 Å². The molecule has 0 aliphatic rings. The minimum Gasteiger partial charge on any atom is -0.495 e. The van der Waals surface area contributed by atoms with Crippen molar-refractivity contribution in [3.8, 4) is 5.75 Å². The van der Waals surface area contributed by atoms with Crippen LogP contribution >= 0.6 is 11.6 Å². The summed E-state index contributed by atoms with van der Waals surface area (Å²) in [4.78, 5) is 23.8. The number of furan rings is 1. The third kappa shape index (κ3) is 3.79. The van der Waals surface area contributed by atoms with Crippen LogP contribution in [0, 0.1) is 0 Å². The average molecular weight is 324 g/mol. The molecule has 116 valence electrons. The van der Waals surface area contributed by atoms with Crippen molar-refractivity contribution in [2.75, 3.05) is 12.4 Å². The van der Waals surface area contributed by atoms with Gasteiger partial charge in [-0.1, -0.05) is 11.6 Å². The van der Waals surface area contributed by atoms with E-state index >= 15 is 0 Å². The number of benzene rings is 1. The van der Waals surface area contributed by atoms with E-state index in [-0.39, 0.29) is 5.76 Å². The summed E-state index contributed by atoms with van der Waals surface area (Å²) in [5.74, 6) is -0.756. The van der Waals surface area contributed by atoms with Crippen LogP contribution in [0.4, 0.5) is 5.69 Å². The van der Waals surface area contributed by atoms with Crippen LogP contribution in [-0.2, 0) is 9.53 Å². The number of amides is 1. The number of hydrogen-bond acceptors (Lipinski definition) is 5. The summed E-state index contributed by atoms with van der Waals surface area (Å²) in [6.07, 6.45) is 0.333. The van der Waals surface area contributed by atoms with Crippen molar-refractivity contribution >= 4 is 29.2 Å². The van der Waals surface area contributed by atoms with Crippen molar-refractivity contribution < 1.29 is 23.5 Å². The van der Waals surface area contributed by atoms with Gasteiger partial charge in [-0.25, -0.2) is 4.79 Å². The van der Waals surface area contributed by atoms with Crippen LogP contribution in [0.3, 0.4) is 0 Å². The number of methoxy groups -OCH3 is 1. The normalized spacial score (nSPS) is 11.6. The molecule has 2 rings (SSSR count). The summed E-state index contributed by atoms with van der Waals surface area (Å²) < 4.78 is 15.0. The molecule has 1 heterocycles. The molecule has 0 saturated heterocycles. The highest BCUT2D eigenvalue weighted by molar-refractivity contribution is 6.31. The molecule has 7 heteroatoms. The predicted molar refractivity (Wildman–Crippen MR) is 80.2 cm³/mol. The van der Waals surface area contributed by atoms with Gasteiger partial charge in [0.1, 0.15) is 5.75 Å². The molecule has 1 aromatic heterocycles. The van der Waals surface area contributed by atoms with Crippen LogP contribution < -0.4 is 10.1 Å². The van der Waals surface area contributed by atoms with E-state index in [1.807, 2.05) is 0 Å². The fraction of sp³-hybridized carbons (Fsp3) is 0.200. The molecular formula is C15H14ClNO5. The molecule has 0 spiro atoms. The molecule has 1 atom stereocenters. The lowest BCUT2D eigenvalue weighted by atomic mass is 10.2. The predicted octanol–water partition coefficient (Wildman–Crippen LogP) is 3.13. The Kier molecular flexibility index (Phi) is 5.06. The van der Waals surface area contributed by atoms with Crippen molar-refractivity contribution in [1.82, 2.24) is 0 Å². The van der Waals surface area contributed by atoms with Crippen LogP contribution in [0.2, 0.25) is 5.02 Å². The number of carbonyl (C=O) groups excluding carboxylic acids is 2. The second-order valence-corrected chi connectivity index (χ2v) is 4.80. The first-order valence-corrected chi connectivity index (χ1v) is 6.78. The molecule has 0 aliphatic heterocycles. The van der Waals surface area contributed by atoms with E-state index in [0.717, 1.165) is 0 Å². The van der Waals surface area contributed by atoms with Crippen LogP contribution in [0.5, 0.6) is 5.75 Å². The maximum absolute atomic E-state index is 12.1. The van der Waals surface area contributed by atoms with E-state index < -0.39 is 18.0 Å². The first kappa shape index (κ1) is 15.9. The van der Waals surface area contributed by atoms with E-state index in [1.54, 1.807) is 24.3 Å². The fourth-order valence-electron chi connectivity index (χ4n) is 1.68. The highest BCUT2D eigenvalue weighted by Crippen LogP contribution is 2.27. The molecule has 0 unspecified atom stereocenters. The van der Waals surface area contributed by atoms with Gasteiger partial charge in [0.25, 0.3) is 5.91 Å². The maximum Gasteiger partial charge on any atom is 0.374 e. The molecule has 1 N–H and O–H groups in total. The van der Waals surface area contributed by atoms with Crippen LogP contribution in [0.15, 0.2) is 41.0 Å². The van der Waals surface area contributed by atoms with Gasteiger partial charge in [0.2, 0.25) is 5.76 Å². The number of esters is 1. The first-order chi connectivity index (χ1) is 10.5.